The number of aliphatic hydroxyl groups is 1. The summed E-state index contributed by atoms with van der Waals surface area (Å²) in [4.78, 5) is 23.9. The van der Waals surface area contributed by atoms with Crippen molar-refractivity contribution in [2.45, 2.75) is 51.2 Å². The molecule has 3 fully saturated rings. The molecule has 0 aromatic rings. The van der Waals surface area contributed by atoms with Gasteiger partial charge in [-0.1, -0.05) is 13.5 Å². The Bertz CT molecular complexity index is 483. The Hall–Kier alpha value is -1.16. The fraction of sp³-hybridized carbons (Fsp3) is 0.733. The van der Waals surface area contributed by atoms with Crippen LogP contribution in [0.4, 0.5) is 0 Å². The summed E-state index contributed by atoms with van der Waals surface area (Å²) in [6, 6.07) is 0. The molecule has 19 heavy (non-hydrogen) atoms. The minimum Gasteiger partial charge on any atom is -0.458 e. The third-order valence-corrected chi connectivity index (χ3v) is 5.75. The van der Waals surface area contributed by atoms with Gasteiger partial charge in [-0.05, 0) is 32.1 Å². The van der Waals surface area contributed by atoms with E-state index in [1.807, 2.05) is 13.8 Å². The number of carbonyl (C=O) groups excluding carboxylic acids is 2. The molecule has 0 bridgehead atoms. The van der Waals surface area contributed by atoms with Crippen molar-refractivity contribution < 1.29 is 19.4 Å². The van der Waals surface area contributed by atoms with Gasteiger partial charge < -0.3 is 9.84 Å². The van der Waals surface area contributed by atoms with Gasteiger partial charge in [0.05, 0.1) is 11.0 Å². The molecule has 0 spiro atoms. The van der Waals surface area contributed by atoms with Crippen LogP contribution in [0.2, 0.25) is 0 Å². The van der Waals surface area contributed by atoms with Gasteiger partial charge in [0.25, 0.3) is 0 Å². The average Bonchev–Trinajstić information content (AvgIpc) is 2.70. The normalized spacial score (nSPS) is 49.6. The summed E-state index contributed by atoms with van der Waals surface area (Å²) >= 11 is 0. The van der Waals surface area contributed by atoms with E-state index in [4.69, 9.17) is 4.74 Å². The quantitative estimate of drug-likeness (QED) is 0.533. The minimum absolute atomic E-state index is 0.0577. The van der Waals surface area contributed by atoms with E-state index in [0.717, 1.165) is 0 Å². The fourth-order valence-electron chi connectivity index (χ4n) is 4.30. The Morgan fingerprint density at radius 1 is 1.42 bits per heavy atom. The topological polar surface area (TPSA) is 63.6 Å². The second-order valence-electron chi connectivity index (χ2n) is 6.60. The van der Waals surface area contributed by atoms with Gasteiger partial charge in [0, 0.05) is 17.9 Å². The van der Waals surface area contributed by atoms with E-state index in [-0.39, 0.29) is 29.7 Å². The Balaban J connectivity index is 2.05. The van der Waals surface area contributed by atoms with Crippen LogP contribution in [0.5, 0.6) is 0 Å². The second kappa shape index (κ2) is 3.69. The van der Waals surface area contributed by atoms with E-state index < -0.39 is 11.0 Å². The Morgan fingerprint density at radius 3 is 2.79 bits per heavy atom. The molecular weight excluding hydrogens is 244 g/mol. The summed E-state index contributed by atoms with van der Waals surface area (Å²) in [5.41, 5.74) is -1.29. The maximum absolute atomic E-state index is 12.3. The minimum atomic E-state index is -0.971. The zero-order valence-electron chi connectivity index (χ0n) is 11.4. The Morgan fingerprint density at radius 2 is 2.11 bits per heavy atom. The van der Waals surface area contributed by atoms with Crippen LogP contribution in [0, 0.1) is 17.3 Å². The van der Waals surface area contributed by atoms with Crippen LogP contribution in [0.25, 0.3) is 0 Å². The maximum Gasteiger partial charge on any atom is 0.334 e. The number of hydrogen-bond acceptors (Lipinski definition) is 4. The van der Waals surface area contributed by atoms with Crippen LogP contribution in [0.1, 0.15) is 39.5 Å². The molecule has 4 heteroatoms. The highest BCUT2D eigenvalue weighted by Crippen LogP contribution is 2.57. The second-order valence-corrected chi connectivity index (χ2v) is 6.60. The molecule has 0 aromatic carbocycles. The fourth-order valence-corrected chi connectivity index (χ4v) is 4.30. The largest absolute Gasteiger partial charge is 0.458 e. The molecule has 0 unspecified atom stereocenters. The molecule has 1 saturated heterocycles. The van der Waals surface area contributed by atoms with E-state index in [1.165, 1.54) is 0 Å². The van der Waals surface area contributed by atoms with Gasteiger partial charge in [0.2, 0.25) is 0 Å². The number of carbonyl (C=O) groups is 2. The Kier molecular flexibility index (Phi) is 2.50. The summed E-state index contributed by atoms with van der Waals surface area (Å²) in [5.74, 6) is -0.426. The van der Waals surface area contributed by atoms with Gasteiger partial charge in [-0.3, -0.25) is 4.79 Å². The van der Waals surface area contributed by atoms with E-state index in [2.05, 4.69) is 6.58 Å². The molecule has 1 heterocycles. The molecule has 0 radical (unpaired) electrons. The number of esters is 1. The van der Waals surface area contributed by atoms with Gasteiger partial charge >= 0.3 is 5.97 Å². The van der Waals surface area contributed by atoms with Crippen LogP contribution in [0.3, 0.4) is 0 Å². The number of hydrogen-bond donors (Lipinski definition) is 1. The molecule has 5 atom stereocenters. The van der Waals surface area contributed by atoms with E-state index >= 15 is 0 Å². The molecule has 104 valence electrons. The highest BCUT2D eigenvalue weighted by Gasteiger charge is 2.63. The van der Waals surface area contributed by atoms with E-state index in [9.17, 15) is 14.7 Å². The molecule has 2 saturated carbocycles. The molecule has 0 amide bonds. The first-order valence-corrected chi connectivity index (χ1v) is 6.95. The van der Waals surface area contributed by atoms with Crippen molar-refractivity contribution >= 4 is 11.8 Å². The summed E-state index contributed by atoms with van der Waals surface area (Å²) in [7, 11) is 0. The predicted octanol–water partition coefficient (Wildman–Crippen LogP) is 1.61. The van der Waals surface area contributed by atoms with Crippen LogP contribution < -0.4 is 0 Å². The first kappa shape index (κ1) is 12.9. The third-order valence-electron chi connectivity index (χ3n) is 5.75. The zero-order chi connectivity index (χ0) is 14.0. The number of ether oxygens (including phenoxy) is 1. The molecule has 0 aromatic heterocycles. The standard InChI is InChI=1S/C15H20O4/c1-8-6-11-10(9(2)13(17)19-11)7-14(3)12(16)4-5-15(8,14)18/h8,10-11,18H,2,4-7H2,1,3H3/t8-,10-,11-,14-,15-/m0/s1. The van der Waals surface area contributed by atoms with Crippen LogP contribution in [-0.4, -0.2) is 28.6 Å². The third kappa shape index (κ3) is 1.43. The van der Waals surface area contributed by atoms with Crippen molar-refractivity contribution in [1.29, 1.82) is 0 Å². The summed E-state index contributed by atoms with van der Waals surface area (Å²) in [6.45, 7) is 7.61. The van der Waals surface area contributed by atoms with Crippen LogP contribution in [0.15, 0.2) is 12.2 Å². The molecule has 1 aliphatic heterocycles. The van der Waals surface area contributed by atoms with Crippen molar-refractivity contribution in [2.24, 2.45) is 17.3 Å². The zero-order valence-corrected chi connectivity index (χ0v) is 11.4. The van der Waals surface area contributed by atoms with Gasteiger partial charge in [-0.15, -0.1) is 0 Å². The molecule has 3 aliphatic rings. The van der Waals surface area contributed by atoms with Gasteiger partial charge in [-0.25, -0.2) is 4.79 Å². The molecule has 2 aliphatic carbocycles. The smallest absolute Gasteiger partial charge is 0.334 e. The molecule has 4 nitrogen and oxygen atoms in total. The lowest BCUT2D eigenvalue weighted by Gasteiger charge is -2.41. The molecular formula is C15H20O4. The van der Waals surface area contributed by atoms with Gasteiger partial charge in [0.15, 0.2) is 0 Å². The molecule has 3 rings (SSSR count). The van der Waals surface area contributed by atoms with Gasteiger partial charge in [0.1, 0.15) is 11.9 Å². The number of fused-ring (bicyclic) bond motifs is 2. The van der Waals surface area contributed by atoms with Crippen molar-refractivity contribution in [3.8, 4) is 0 Å². The molecule has 1 N–H and O–H groups in total. The monoisotopic (exact) mass is 264 g/mol. The lowest BCUT2D eigenvalue weighted by Crippen LogP contribution is -2.49. The first-order valence-electron chi connectivity index (χ1n) is 6.95. The van der Waals surface area contributed by atoms with Crippen LogP contribution in [-0.2, 0) is 14.3 Å². The van der Waals surface area contributed by atoms with Crippen molar-refractivity contribution in [3.63, 3.8) is 0 Å². The first-order chi connectivity index (χ1) is 8.79. The summed E-state index contributed by atoms with van der Waals surface area (Å²) in [5, 5.41) is 11.0. The van der Waals surface area contributed by atoms with E-state index in [0.29, 0.717) is 31.3 Å². The number of ketones is 1. The summed E-state index contributed by atoms with van der Waals surface area (Å²) in [6.07, 6.45) is 1.80. The lowest BCUT2D eigenvalue weighted by molar-refractivity contribution is -0.144. The van der Waals surface area contributed by atoms with Crippen LogP contribution >= 0.6 is 0 Å². The highest BCUT2D eigenvalue weighted by molar-refractivity contribution is 5.92. The number of Topliss-reactive ketones (excluding diaryl/α,β-unsaturated/α-hetero) is 1. The van der Waals surface area contributed by atoms with Gasteiger partial charge in [-0.2, -0.15) is 0 Å². The average molecular weight is 264 g/mol. The van der Waals surface area contributed by atoms with Crippen molar-refractivity contribution in [1.82, 2.24) is 0 Å². The van der Waals surface area contributed by atoms with Crippen molar-refractivity contribution in [3.05, 3.63) is 12.2 Å². The number of rotatable bonds is 0. The SMILES string of the molecule is C=C1C(=O)O[C@H]2C[C@H](C)[C@@]3(O)CCC(=O)[C@]3(C)C[C@@H]12. The summed E-state index contributed by atoms with van der Waals surface area (Å²) < 4.78 is 5.36. The highest BCUT2D eigenvalue weighted by atomic mass is 16.6. The lowest BCUT2D eigenvalue weighted by atomic mass is 9.66. The predicted molar refractivity (Wildman–Crippen MR) is 68.2 cm³/mol. The Labute approximate surface area is 112 Å². The maximum atomic E-state index is 12.3. The van der Waals surface area contributed by atoms with Crippen molar-refractivity contribution in [2.75, 3.05) is 0 Å². The van der Waals surface area contributed by atoms with E-state index in [1.54, 1.807) is 0 Å².